The number of benzene rings is 2. The number of para-hydroxylation sites is 1. The lowest BCUT2D eigenvalue weighted by molar-refractivity contribution is 0.101. The van der Waals surface area contributed by atoms with Crippen LogP contribution in [0.25, 0.3) is 0 Å². The highest BCUT2D eigenvalue weighted by Crippen LogP contribution is 2.41. The minimum absolute atomic E-state index is 0.0770. The van der Waals surface area contributed by atoms with Gasteiger partial charge in [-0.1, -0.05) is 18.2 Å². The van der Waals surface area contributed by atoms with Crippen LogP contribution in [0.15, 0.2) is 36.4 Å². The van der Waals surface area contributed by atoms with Gasteiger partial charge in [-0.2, -0.15) is 0 Å². The van der Waals surface area contributed by atoms with E-state index in [0.29, 0.717) is 24.6 Å². The molecule has 25 heavy (non-hydrogen) atoms. The Balaban J connectivity index is 1.62. The molecule has 3 rings (SSSR count). The van der Waals surface area contributed by atoms with Gasteiger partial charge in [-0.3, -0.25) is 4.79 Å². The molecule has 0 aromatic heterocycles. The summed E-state index contributed by atoms with van der Waals surface area (Å²) in [5, 5.41) is 3.06. The third kappa shape index (κ3) is 3.76. The zero-order valence-electron chi connectivity index (χ0n) is 14.7. The molecule has 5 heteroatoms. The van der Waals surface area contributed by atoms with Crippen LogP contribution in [0.5, 0.6) is 11.5 Å². The number of nitrogens with one attached hydrogen (secondary N) is 1. The Morgan fingerprint density at radius 3 is 2.80 bits per heavy atom. The molecule has 0 saturated heterocycles. The van der Waals surface area contributed by atoms with Crippen molar-refractivity contribution in [1.82, 2.24) is 0 Å². The van der Waals surface area contributed by atoms with Crippen LogP contribution in [-0.2, 0) is 6.42 Å². The lowest BCUT2D eigenvalue weighted by Gasteiger charge is -2.18. The summed E-state index contributed by atoms with van der Waals surface area (Å²) in [7, 11) is 0. The van der Waals surface area contributed by atoms with Gasteiger partial charge in [0.25, 0.3) is 0 Å². The van der Waals surface area contributed by atoms with Gasteiger partial charge >= 0.3 is 0 Å². The third-order valence-electron chi connectivity index (χ3n) is 4.10. The molecule has 0 atom stereocenters. The minimum Gasteiger partial charge on any atom is -0.488 e. The fourth-order valence-electron chi connectivity index (χ4n) is 3.08. The Morgan fingerprint density at radius 1 is 1.28 bits per heavy atom. The predicted molar refractivity (Wildman–Crippen MR) is 95.2 cm³/mol. The first-order valence-electron chi connectivity index (χ1n) is 8.34. The van der Waals surface area contributed by atoms with Crippen LogP contribution in [0.1, 0.15) is 36.7 Å². The first kappa shape index (κ1) is 17.3. The van der Waals surface area contributed by atoms with E-state index in [1.165, 1.54) is 13.0 Å². The van der Waals surface area contributed by atoms with Gasteiger partial charge < -0.3 is 14.8 Å². The molecule has 4 nitrogen and oxygen atoms in total. The number of Topliss-reactive ketones (excluding diaryl/α,β-unsaturated/α-hetero) is 1. The second kappa shape index (κ2) is 6.75. The second-order valence-corrected chi connectivity index (χ2v) is 6.78. The highest BCUT2D eigenvalue weighted by molar-refractivity contribution is 5.99. The van der Waals surface area contributed by atoms with E-state index in [9.17, 15) is 9.18 Å². The van der Waals surface area contributed by atoms with Gasteiger partial charge in [0.1, 0.15) is 18.0 Å². The first-order chi connectivity index (χ1) is 11.9. The smallest absolute Gasteiger partial charge is 0.165 e. The molecule has 0 unspecified atom stereocenters. The largest absolute Gasteiger partial charge is 0.488 e. The number of rotatable bonds is 6. The molecule has 1 N–H and O–H groups in total. The number of anilines is 1. The summed E-state index contributed by atoms with van der Waals surface area (Å²) < 4.78 is 25.6. The molecule has 2 aromatic rings. The topological polar surface area (TPSA) is 47.6 Å². The van der Waals surface area contributed by atoms with E-state index in [2.05, 4.69) is 5.32 Å². The normalized spacial score (nSPS) is 14.6. The average molecular weight is 343 g/mol. The standard InChI is InChI=1S/C20H22FNO3/c1-13(23)18-15(21)7-5-8-16(18)22-10-11-24-17-9-4-6-14-12-20(2,3)25-19(14)17/h4-9,22H,10-12H2,1-3H3. The number of fused-ring (bicyclic) bond motifs is 1. The average Bonchev–Trinajstić information content (AvgIpc) is 2.85. The van der Waals surface area contributed by atoms with Gasteiger partial charge in [-0.15, -0.1) is 0 Å². The summed E-state index contributed by atoms with van der Waals surface area (Å²) in [5.41, 5.74) is 1.47. The fourth-order valence-corrected chi connectivity index (χ4v) is 3.08. The molecular weight excluding hydrogens is 321 g/mol. The highest BCUT2D eigenvalue weighted by Gasteiger charge is 2.32. The van der Waals surface area contributed by atoms with Crippen LogP contribution >= 0.6 is 0 Å². The van der Waals surface area contributed by atoms with Crippen LogP contribution in [-0.4, -0.2) is 24.5 Å². The van der Waals surface area contributed by atoms with Crippen molar-refractivity contribution < 1.29 is 18.7 Å². The molecule has 0 saturated carbocycles. The van der Waals surface area contributed by atoms with Crippen molar-refractivity contribution in [3.8, 4) is 11.5 Å². The second-order valence-electron chi connectivity index (χ2n) is 6.78. The Morgan fingerprint density at radius 2 is 2.04 bits per heavy atom. The van der Waals surface area contributed by atoms with E-state index >= 15 is 0 Å². The highest BCUT2D eigenvalue weighted by atomic mass is 19.1. The van der Waals surface area contributed by atoms with E-state index in [4.69, 9.17) is 9.47 Å². The number of ketones is 1. The lowest BCUT2D eigenvalue weighted by atomic mass is 10.0. The SMILES string of the molecule is CC(=O)c1c(F)cccc1NCCOc1cccc2c1OC(C)(C)C2. The molecule has 0 aliphatic carbocycles. The fraction of sp³-hybridized carbons (Fsp3) is 0.350. The molecule has 1 heterocycles. The number of hydrogen-bond acceptors (Lipinski definition) is 4. The van der Waals surface area contributed by atoms with Gasteiger partial charge in [0, 0.05) is 24.2 Å². The third-order valence-corrected chi connectivity index (χ3v) is 4.10. The summed E-state index contributed by atoms with van der Waals surface area (Å²) in [5.74, 6) is 0.673. The zero-order chi connectivity index (χ0) is 18.0. The number of carbonyl (C=O) groups is 1. The van der Waals surface area contributed by atoms with Gasteiger partial charge in [-0.05, 0) is 39.0 Å². The number of carbonyl (C=O) groups excluding carboxylic acids is 1. The zero-order valence-corrected chi connectivity index (χ0v) is 14.7. The summed E-state index contributed by atoms with van der Waals surface area (Å²) in [6, 6.07) is 10.4. The van der Waals surface area contributed by atoms with Crippen LogP contribution in [0.4, 0.5) is 10.1 Å². The van der Waals surface area contributed by atoms with Gasteiger partial charge in [0.05, 0.1) is 5.56 Å². The first-order valence-corrected chi connectivity index (χ1v) is 8.34. The Kier molecular flexibility index (Phi) is 4.66. The van der Waals surface area contributed by atoms with Crippen LogP contribution in [0.2, 0.25) is 0 Å². The van der Waals surface area contributed by atoms with Crippen molar-refractivity contribution in [3.63, 3.8) is 0 Å². The number of ether oxygens (including phenoxy) is 2. The van der Waals surface area contributed by atoms with E-state index in [1.54, 1.807) is 12.1 Å². The van der Waals surface area contributed by atoms with Gasteiger partial charge in [0.2, 0.25) is 0 Å². The molecule has 1 aliphatic heterocycles. The lowest BCUT2D eigenvalue weighted by Crippen LogP contribution is -2.24. The van der Waals surface area contributed by atoms with E-state index in [-0.39, 0.29) is 16.9 Å². The van der Waals surface area contributed by atoms with Gasteiger partial charge in [0.15, 0.2) is 17.3 Å². The molecule has 132 valence electrons. The maximum absolute atomic E-state index is 13.8. The van der Waals surface area contributed by atoms with E-state index in [0.717, 1.165) is 17.7 Å². The summed E-state index contributed by atoms with van der Waals surface area (Å²) >= 11 is 0. The van der Waals surface area contributed by atoms with E-state index in [1.807, 2.05) is 32.0 Å². The minimum atomic E-state index is -0.519. The Bertz CT molecular complexity index is 802. The predicted octanol–water partition coefficient (Wildman–Crippen LogP) is 4.23. The number of halogens is 1. The summed E-state index contributed by atoms with van der Waals surface area (Å²) in [6.45, 7) is 6.26. The van der Waals surface area contributed by atoms with Crippen molar-refractivity contribution in [2.45, 2.75) is 32.8 Å². The van der Waals surface area contributed by atoms with Crippen molar-refractivity contribution in [2.75, 3.05) is 18.5 Å². The molecule has 0 bridgehead atoms. The van der Waals surface area contributed by atoms with Crippen LogP contribution in [0, 0.1) is 5.82 Å². The van der Waals surface area contributed by atoms with Crippen molar-refractivity contribution in [2.24, 2.45) is 0 Å². The molecular formula is C20H22FNO3. The Hall–Kier alpha value is -2.56. The molecule has 0 radical (unpaired) electrons. The van der Waals surface area contributed by atoms with Crippen molar-refractivity contribution in [1.29, 1.82) is 0 Å². The quantitative estimate of drug-likeness (QED) is 0.630. The molecule has 0 amide bonds. The maximum atomic E-state index is 13.8. The Labute approximate surface area is 147 Å². The molecule has 1 aliphatic rings. The van der Waals surface area contributed by atoms with Crippen molar-refractivity contribution >= 4 is 11.5 Å². The summed E-state index contributed by atoms with van der Waals surface area (Å²) in [6.07, 6.45) is 0.850. The monoisotopic (exact) mass is 343 g/mol. The maximum Gasteiger partial charge on any atom is 0.165 e. The summed E-state index contributed by atoms with van der Waals surface area (Å²) in [4.78, 5) is 11.6. The molecule has 0 fully saturated rings. The van der Waals surface area contributed by atoms with E-state index < -0.39 is 5.82 Å². The molecule has 2 aromatic carbocycles. The van der Waals surface area contributed by atoms with Gasteiger partial charge in [-0.25, -0.2) is 4.39 Å². The number of hydrogen-bond donors (Lipinski definition) is 1. The van der Waals surface area contributed by atoms with Crippen LogP contribution in [0.3, 0.4) is 0 Å². The van der Waals surface area contributed by atoms with Crippen molar-refractivity contribution in [3.05, 3.63) is 53.3 Å². The van der Waals surface area contributed by atoms with Crippen LogP contribution < -0.4 is 14.8 Å². The molecule has 0 spiro atoms.